The topological polar surface area (TPSA) is 33.3 Å². The van der Waals surface area contributed by atoms with Crippen LogP contribution in [0.2, 0.25) is 0 Å². The minimum absolute atomic E-state index is 0. The Kier molecular flexibility index (Phi) is 9.16. The summed E-state index contributed by atoms with van der Waals surface area (Å²) in [5.74, 6) is 3.01. The van der Waals surface area contributed by atoms with Crippen molar-refractivity contribution in [1.29, 1.82) is 0 Å². The molecule has 0 amide bonds. The van der Waals surface area contributed by atoms with Crippen LogP contribution < -0.4 is 10.6 Å². The molecule has 1 aliphatic heterocycles. The molecule has 3 nitrogen and oxygen atoms in total. The van der Waals surface area contributed by atoms with Crippen LogP contribution in [0.15, 0.2) is 12.7 Å². The smallest absolute Gasteiger partial charge is 0.0623 e. The van der Waals surface area contributed by atoms with Gasteiger partial charge in [0.05, 0.1) is 13.2 Å². The highest BCUT2D eigenvalue weighted by Crippen LogP contribution is 2.29. The van der Waals surface area contributed by atoms with Crippen molar-refractivity contribution in [3.63, 3.8) is 0 Å². The average molecular weight is 307 g/mol. The van der Waals surface area contributed by atoms with Gasteiger partial charge < -0.3 is 15.4 Å². The molecule has 1 saturated carbocycles. The van der Waals surface area contributed by atoms with Gasteiger partial charge >= 0.3 is 0 Å². The molecular formula is C14H27ClN2OS. The molecule has 3 unspecified atom stereocenters. The monoisotopic (exact) mass is 306 g/mol. The van der Waals surface area contributed by atoms with Gasteiger partial charge in [0.2, 0.25) is 0 Å². The quantitative estimate of drug-likeness (QED) is 0.557. The summed E-state index contributed by atoms with van der Waals surface area (Å²) in [5, 5.41) is 7.36. The maximum absolute atomic E-state index is 5.59. The van der Waals surface area contributed by atoms with Crippen molar-refractivity contribution in [1.82, 2.24) is 10.6 Å². The van der Waals surface area contributed by atoms with E-state index in [1.54, 1.807) is 0 Å². The summed E-state index contributed by atoms with van der Waals surface area (Å²) < 4.78 is 5.59. The SMILES string of the molecule is C=CCSCCNC1CCCC1C1COCCN1.Cl. The van der Waals surface area contributed by atoms with E-state index in [4.69, 9.17) is 4.74 Å². The molecule has 0 spiro atoms. The fraction of sp³-hybridized carbons (Fsp3) is 0.857. The molecule has 112 valence electrons. The lowest BCUT2D eigenvalue weighted by Crippen LogP contribution is -2.51. The van der Waals surface area contributed by atoms with E-state index in [-0.39, 0.29) is 12.4 Å². The maximum Gasteiger partial charge on any atom is 0.0623 e. The number of morpholine rings is 1. The minimum Gasteiger partial charge on any atom is -0.379 e. The summed E-state index contributed by atoms with van der Waals surface area (Å²) in [6.45, 7) is 7.65. The largest absolute Gasteiger partial charge is 0.379 e. The summed E-state index contributed by atoms with van der Waals surface area (Å²) in [6, 6.07) is 1.26. The number of thioether (sulfide) groups is 1. The van der Waals surface area contributed by atoms with Crippen molar-refractivity contribution in [3.8, 4) is 0 Å². The van der Waals surface area contributed by atoms with Crippen LogP contribution >= 0.6 is 24.2 Å². The molecule has 2 N–H and O–H groups in total. The van der Waals surface area contributed by atoms with Crippen molar-refractivity contribution < 1.29 is 4.74 Å². The van der Waals surface area contributed by atoms with E-state index >= 15 is 0 Å². The highest BCUT2D eigenvalue weighted by molar-refractivity contribution is 7.99. The molecule has 2 aliphatic rings. The van der Waals surface area contributed by atoms with E-state index in [9.17, 15) is 0 Å². The van der Waals surface area contributed by atoms with Gasteiger partial charge in [-0.2, -0.15) is 11.8 Å². The van der Waals surface area contributed by atoms with Gasteiger partial charge in [0.1, 0.15) is 0 Å². The third-order valence-electron chi connectivity index (χ3n) is 3.93. The molecule has 1 aliphatic carbocycles. The Morgan fingerprint density at radius 2 is 2.32 bits per heavy atom. The first-order chi connectivity index (χ1) is 8.92. The Morgan fingerprint density at radius 1 is 1.42 bits per heavy atom. The van der Waals surface area contributed by atoms with Gasteiger partial charge in [0.15, 0.2) is 0 Å². The molecule has 1 saturated heterocycles. The average Bonchev–Trinajstić information content (AvgIpc) is 2.88. The second-order valence-electron chi connectivity index (χ2n) is 5.15. The third kappa shape index (κ3) is 5.64. The summed E-state index contributed by atoms with van der Waals surface area (Å²) in [6.07, 6.45) is 6.01. The van der Waals surface area contributed by atoms with E-state index in [0.29, 0.717) is 12.1 Å². The van der Waals surface area contributed by atoms with E-state index in [1.807, 2.05) is 17.8 Å². The van der Waals surface area contributed by atoms with Crippen LogP contribution in [0, 0.1) is 5.92 Å². The molecule has 19 heavy (non-hydrogen) atoms. The Hall–Kier alpha value is 0.260. The number of halogens is 1. The molecule has 2 rings (SSSR count). The lowest BCUT2D eigenvalue weighted by molar-refractivity contribution is 0.0527. The highest BCUT2D eigenvalue weighted by atomic mass is 35.5. The zero-order valence-corrected chi connectivity index (χ0v) is 13.2. The molecule has 0 aromatic heterocycles. The molecule has 2 fully saturated rings. The lowest BCUT2D eigenvalue weighted by Gasteiger charge is -2.33. The second-order valence-corrected chi connectivity index (χ2v) is 6.30. The summed E-state index contributed by atoms with van der Waals surface area (Å²) in [7, 11) is 0. The number of ether oxygens (including phenoxy) is 1. The number of hydrogen-bond donors (Lipinski definition) is 2. The minimum atomic E-state index is 0. The molecule has 0 aromatic carbocycles. The Bertz CT molecular complexity index is 250. The van der Waals surface area contributed by atoms with Crippen LogP contribution in [0.3, 0.4) is 0 Å². The molecule has 5 heteroatoms. The van der Waals surface area contributed by atoms with Crippen molar-refractivity contribution in [3.05, 3.63) is 12.7 Å². The Balaban J connectivity index is 0.00000180. The second kappa shape index (κ2) is 10.1. The summed E-state index contributed by atoms with van der Waals surface area (Å²) in [4.78, 5) is 0. The predicted octanol–water partition coefficient (Wildman–Crippen LogP) is 2.07. The zero-order valence-electron chi connectivity index (χ0n) is 11.6. The van der Waals surface area contributed by atoms with Crippen LogP contribution in [0.1, 0.15) is 19.3 Å². The summed E-state index contributed by atoms with van der Waals surface area (Å²) in [5.41, 5.74) is 0. The van der Waals surface area contributed by atoms with E-state index in [2.05, 4.69) is 17.2 Å². The molecule has 0 radical (unpaired) electrons. The highest BCUT2D eigenvalue weighted by Gasteiger charge is 2.34. The van der Waals surface area contributed by atoms with Gasteiger partial charge in [-0.3, -0.25) is 0 Å². The normalized spacial score (nSPS) is 30.8. The number of hydrogen-bond acceptors (Lipinski definition) is 4. The first kappa shape index (κ1) is 17.3. The van der Waals surface area contributed by atoms with Gasteiger partial charge in [-0.1, -0.05) is 12.5 Å². The van der Waals surface area contributed by atoms with Crippen molar-refractivity contribution in [2.24, 2.45) is 5.92 Å². The van der Waals surface area contributed by atoms with E-state index in [1.165, 1.54) is 25.0 Å². The molecule has 3 atom stereocenters. The Labute approximate surface area is 127 Å². The number of nitrogens with one attached hydrogen (secondary N) is 2. The van der Waals surface area contributed by atoms with Crippen molar-refractivity contribution in [2.45, 2.75) is 31.3 Å². The molecular weight excluding hydrogens is 280 g/mol. The van der Waals surface area contributed by atoms with Crippen LogP contribution in [0.4, 0.5) is 0 Å². The first-order valence-electron chi connectivity index (χ1n) is 7.15. The van der Waals surface area contributed by atoms with Gasteiger partial charge in [0, 0.05) is 36.7 Å². The van der Waals surface area contributed by atoms with Crippen LogP contribution in [-0.2, 0) is 4.74 Å². The standard InChI is InChI=1S/C14H26N2OS.ClH/c1-2-9-18-10-7-16-13-5-3-4-12(13)14-11-17-8-6-15-14;/h2,12-16H,1,3-11H2;1H. The van der Waals surface area contributed by atoms with Crippen LogP contribution in [0.5, 0.6) is 0 Å². The summed E-state index contributed by atoms with van der Waals surface area (Å²) >= 11 is 1.95. The fourth-order valence-electron chi connectivity index (χ4n) is 3.07. The van der Waals surface area contributed by atoms with E-state index in [0.717, 1.165) is 38.0 Å². The van der Waals surface area contributed by atoms with Crippen molar-refractivity contribution in [2.75, 3.05) is 37.8 Å². The van der Waals surface area contributed by atoms with Gasteiger partial charge in [-0.25, -0.2) is 0 Å². The Morgan fingerprint density at radius 3 is 3.05 bits per heavy atom. The fourth-order valence-corrected chi connectivity index (χ4v) is 3.66. The van der Waals surface area contributed by atoms with Crippen LogP contribution in [-0.4, -0.2) is 49.9 Å². The van der Waals surface area contributed by atoms with Crippen molar-refractivity contribution >= 4 is 24.2 Å². The predicted molar refractivity (Wildman–Crippen MR) is 86.5 cm³/mol. The van der Waals surface area contributed by atoms with Gasteiger partial charge in [-0.15, -0.1) is 19.0 Å². The van der Waals surface area contributed by atoms with Gasteiger partial charge in [-0.05, 0) is 18.8 Å². The lowest BCUT2D eigenvalue weighted by atomic mass is 9.94. The van der Waals surface area contributed by atoms with Crippen LogP contribution in [0.25, 0.3) is 0 Å². The van der Waals surface area contributed by atoms with E-state index < -0.39 is 0 Å². The number of rotatable bonds is 7. The maximum atomic E-state index is 5.59. The molecule has 1 heterocycles. The molecule has 0 aromatic rings. The molecule has 0 bridgehead atoms. The zero-order chi connectivity index (χ0) is 12.6. The van der Waals surface area contributed by atoms with Gasteiger partial charge in [0.25, 0.3) is 0 Å². The third-order valence-corrected chi connectivity index (χ3v) is 4.89. The first-order valence-corrected chi connectivity index (χ1v) is 8.30.